The number of aryl methyl sites for hydroxylation is 1. The monoisotopic (exact) mass is 272 g/mol. The van der Waals surface area contributed by atoms with Crippen molar-refractivity contribution in [3.63, 3.8) is 0 Å². The first-order valence-corrected chi connectivity index (χ1v) is 8.09. The summed E-state index contributed by atoms with van der Waals surface area (Å²) in [5.74, 6) is 2.49. The van der Waals surface area contributed by atoms with Crippen LogP contribution in [-0.2, 0) is 6.42 Å². The molecule has 20 heavy (non-hydrogen) atoms. The molecule has 1 aromatic rings. The van der Waals surface area contributed by atoms with Crippen LogP contribution in [0.2, 0.25) is 0 Å². The van der Waals surface area contributed by atoms with Crippen molar-refractivity contribution in [2.24, 2.45) is 17.3 Å². The van der Waals surface area contributed by atoms with Crippen LogP contribution in [0, 0.1) is 17.3 Å². The molecule has 1 aromatic carbocycles. The van der Waals surface area contributed by atoms with Crippen molar-refractivity contribution in [2.75, 3.05) is 0 Å². The van der Waals surface area contributed by atoms with E-state index in [2.05, 4.69) is 13.0 Å². The summed E-state index contributed by atoms with van der Waals surface area (Å²) >= 11 is 0. The van der Waals surface area contributed by atoms with E-state index in [-0.39, 0.29) is 11.5 Å². The Morgan fingerprint density at radius 1 is 1.15 bits per heavy atom. The number of hydrogen-bond acceptors (Lipinski definition) is 2. The quantitative estimate of drug-likeness (QED) is 0.757. The van der Waals surface area contributed by atoms with Crippen LogP contribution in [0.3, 0.4) is 0 Å². The van der Waals surface area contributed by atoms with E-state index in [9.17, 15) is 10.2 Å². The first-order chi connectivity index (χ1) is 9.59. The average molecular weight is 272 g/mol. The van der Waals surface area contributed by atoms with E-state index in [0.717, 1.165) is 25.2 Å². The molecule has 2 fully saturated rings. The van der Waals surface area contributed by atoms with Crippen LogP contribution < -0.4 is 0 Å². The van der Waals surface area contributed by atoms with Crippen LogP contribution in [0.4, 0.5) is 0 Å². The number of rotatable bonds is 0. The molecule has 3 aliphatic carbocycles. The third-order valence-electron chi connectivity index (χ3n) is 6.66. The molecule has 2 nitrogen and oxygen atoms in total. The number of benzene rings is 1. The Morgan fingerprint density at radius 2 is 2.00 bits per heavy atom. The van der Waals surface area contributed by atoms with Crippen LogP contribution in [0.5, 0.6) is 5.75 Å². The minimum atomic E-state index is -0.0883. The van der Waals surface area contributed by atoms with Gasteiger partial charge in [0.15, 0.2) is 0 Å². The van der Waals surface area contributed by atoms with E-state index in [1.54, 1.807) is 0 Å². The highest BCUT2D eigenvalue weighted by Gasteiger charge is 2.54. The van der Waals surface area contributed by atoms with Crippen LogP contribution in [0.15, 0.2) is 18.2 Å². The Balaban J connectivity index is 1.71. The predicted molar refractivity (Wildman–Crippen MR) is 78.7 cm³/mol. The molecule has 5 atom stereocenters. The highest BCUT2D eigenvalue weighted by molar-refractivity contribution is 5.40. The highest BCUT2D eigenvalue weighted by Crippen LogP contribution is 2.60. The third kappa shape index (κ3) is 1.60. The molecule has 108 valence electrons. The maximum absolute atomic E-state index is 10.4. The normalized spacial score (nSPS) is 42.7. The molecule has 2 heteroatoms. The van der Waals surface area contributed by atoms with E-state index in [1.807, 2.05) is 12.1 Å². The lowest BCUT2D eigenvalue weighted by Gasteiger charge is -2.50. The van der Waals surface area contributed by atoms with Crippen molar-refractivity contribution < 1.29 is 10.2 Å². The summed E-state index contributed by atoms with van der Waals surface area (Å²) in [7, 11) is 0. The van der Waals surface area contributed by atoms with Crippen molar-refractivity contribution in [1.29, 1.82) is 0 Å². The zero-order valence-corrected chi connectivity index (χ0v) is 12.2. The lowest BCUT2D eigenvalue weighted by atomic mass is 9.55. The summed E-state index contributed by atoms with van der Waals surface area (Å²) in [5.41, 5.74) is 2.99. The minimum absolute atomic E-state index is 0.0883. The number of aliphatic hydroxyl groups is 1. The van der Waals surface area contributed by atoms with Gasteiger partial charge in [-0.15, -0.1) is 0 Å². The number of fused-ring (bicyclic) bond motifs is 5. The van der Waals surface area contributed by atoms with Gasteiger partial charge in [0.05, 0.1) is 6.10 Å². The van der Waals surface area contributed by atoms with Crippen LogP contribution in [0.25, 0.3) is 0 Å². The number of aliphatic hydroxyl groups excluding tert-OH is 1. The van der Waals surface area contributed by atoms with Gasteiger partial charge in [-0.1, -0.05) is 13.0 Å². The second-order valence-corrected chi connectivity index (χ2v) is 7.44. The Bertz CT molecular complexity index is 538. The van der Waals surface area contributed by atoms with Crippen molar-refractivity contribution in [3.8, 4) is 5.75 Å². The van der Waals surface area contributed by atoms with Crippen molar-refractivity contribution in [3.05, 3.63) is 29.3 Å². The molecule has 4 rings (SSSR count). The minimum Gasteiger partial charge on any atom is -0.508 e. The zero-order valence-electron chi connectivity index (χ0n) is 12.2. The summed E-state index contributed by atoms with van der Waals surface area (Å²) in [6.07, 6.45) is 6.78. The van der Waals surface area contributed by atoms with Crippen molar-refractivity contribution >= 4 is 0 Å². The topological polar surface area (TPSA) is 40.5 Å². The molecule has 2 N–H and O–H groups in total. The van der Waals surface area contributed by atoms with Gasteiger partial charge in [0.25, 0.3) is 0 Å². The van der Waals surface area contributed by atoms with E-state index in [1.165, 1.54) is 30.4 Å². The molecule has 0 saturated heterocycles. The summed E-state index contributed by atoms with van der Waals surface area (Å²) < 4.78 is 0. The second-order valence-electron chi connectivity index (χ2n) is 7.44. The van der Waals surface area contributed by atoms with Gasteiger partial charge in [-0.25, -0.2) is 0 Å². The molecule has 2 saturated carbocycles. The van der Waals surface area contributed by atoms with Crippen molar-refractivity contribution in [2.45, 2.75) is 57.5 Å². The Kier molecular flexibility index (Phi) is 2.69. The maximum atomic E-state index is 10.4. The van der Waals surface area contributed by atoms with Crippen molar-refractivity contribution in [1.82, 2.24) is 0 Å². The first kappa shape index (κ1) is 12.7. The van der Waals surface area contributed by atoms with Gasteiger partial charge in [-0.2, -0.15) is 0 Å². The average Bonchev–Trinajstić information content (AvgIpc) is 2.74. The molecule has 1 unspecified atom stereocenters. The van der Waals surface area contributed by atoms with E-state index >= 15 is 0 Å². The largest absolute Gasteiger partial charge is 0.508 e. The fourth-order valence-corrected chi connectivity index (χ4v) is 5.54. The predicted octanol–water partition coefficient (Wildman–Crippen LogP) is 3.61. The van der Waals surface area contributed by atoms with Crippen LogP contribution in [0.1, 0.15) is 56.1 Å². The highest BCUT2D eigenvalue weighted by atomic mass is 16.3. The van der Waals surface area contributed by atoms with Gasteiger partial charge in [0.2, 0.25) is 0 Å². The Labute approximate surface area is 120 Å². The van der Waals surface area contributed by atoms with Crippen LogP contribution in [-0.4, -0.2) is 16.3 Å². The molecule has 0 aromatic heterocycles. The number of hydrogen-bond donors (Lipinski definition) is 2. The molecule has 0 bridgehead atoms. The fraction of sp³-hybridized carbons (Fsp3) is 0.667. The lowest BCUT2D eigenvalue weighted by Crippen LogP contribution is -2.43. The number of phenolic OH excluding ortho intramolecular Hbond substituents is 1. The lowest BCUT2D eigenvalue weighted by molar-refractivity contribution is -0.0226. The van der Waals surface area contributed by atoms with Gasteiger partial charge in [0.1, 0.15) is 5.75 Å². The molecular weight excluding hydrogens is 248 g/mol. The van der Waals surface area contributed by atoms with Gasteiger partial charge in [0, 0.05) is 0 Å². The molecule has 0 amide bonds. The summed E-state index contributed by atoms with van der Waals surface area (Å²) in [6.45, 7) is 2.32. The van der Waals surface area contributed by atoms with E-state index in [4.69, 9.17) is 0 Å². The first-order valence-electron chi connectivity index (χ1n) is 8.09. The van der Waals surface area contributed by atoms with Gasteiger partial charge >= 0.3 is 0 Å². The molecule has 0 spiro atoms. The van der Waals surface area contributed by atoms with E-state index in [0.29, 0.717) is 17.6 Å². The fourth-order valence-electron chi connectivity index (χ4n) is 5.54. The summed E-state index contributed by atoms with van der Waals surface area (Å²) in [5, 5.41) is 20.0. The molecule has 3 aliphatic rings. The van der Waals surface area contributed by atoms with Gasteiger partial charge < -0.3 is 10.2 Å². The molecule has 0 heterocycles. The standard InChI is InChI=1S/C18H24O2/c1-18-9-8-14-13-5-3-12(19)10-11(13)2-4-15(14)16(18)6-7-17(18)20/h3,5,10,14-17,19-20H,2,4,6-9H2,1H3/t14-,15+,16+,17?,18-/m0/s1. The Hall–Kier alpha value is -1.02. The Morgan fingerprint density at radius 3 is 2.85 bits per heavy atom. The molecule has 0 aliphatic heterocycles. The SMILES string of the molecule is C[C@]12CC[C@H]3c4ccc(O)cc4CC[C@H]3[C@H]1CCC2O. The number of aromatic hydroxyl groups is 1. The third-order valence-corrected chi connectivity index (χ3v) is 6.66. The molecule has 0 radical (unpaired) electrons. The smallest absolute Gasteiger partial charge is 0.115 e. The number of phenols is 1. The van der Waals surface area contributed by atoms with E-state index < -0.39 is 0 Å². The van der Waals surface area contributed by atoms with Gasteiger partial charge in [-0.3, -0.25) is 0 Å². The summed E-state index contributed by atoms with van der Waals surface area (Å²) in [4.78, 5) is 0. The van der Waals surface area contributed by atoms with Crippen LogP contribution >= 0.6 is 0 Å². The summed E-state index contributed by atoms with van der Waals surface area (Å²) in [6, 6.07) is 5.96. The van der Waals surface area contributed by atoms with Gasteiger partial charge in [-0.05, 0) is 85.0 Å². The maximum Gasteiger partial charge on any atom is 0.115 e. The second kappa shape index (κ2) is 4.24. The zero-order chi connectivity index (χ0) is 13.9. The molecular formula is C18H24O2.